The Kier molecular flexibility index (Phi) is 5.07. The van der Waals surface area contributed by atoms with Gasteiger partial charge in [-0.1, -0.05) is 6.07 Å². The first-order chi connectivity index (χ1) is 12.1. The summed E-state index contributed by atoms with van der Waals surface area (Å²) in [6.07, 6.45) is 2.79. The Morgan fingerprint density at radius 3 is 2.92 bits per heavy atom. The van der Waals surface area contributed by atoms with Gasteiger partial charge in [0.1, 0.15) is 11.7 Å². The molecule has 1 saturated heterocycles. The quantitative estimate of drug-likeness (QED) is 0.849. The van der Waals surface area contributed by atoms with Gasteiger partial charge < -0.3 is 10.2 Å². The molecule has 2 heterocycles. The van der Waals surface area contributed by atoms with Gasteiger partial charge in [-0.15, -0.1) is 0 Å². The molecule has 3 rings (SSSR count). The molecular formula is C19H20FN3O2. The molecule has 1 atom stereocenters. The van der Waals surface area contributed by atoms with Gasteiger partial charge in [-0.2, -0.15) is 0 Å². The van der Waals surface area contributed by atoms with Crippen LogP contribution in [0.4, 0.5) is 10.1 Å². The van der Waals surface area contributed by atoms with Gasteiger partial charge in [-0.3, -0.25) is 14.6 Å². The summed E-state index contributed by atoms with van der Waals surface area (Å²) in [7, 11) is 0. The fourth-order valence-corrected chi connectivity index (χ4v) is 2.96. The number of anilines is 1. The number of pyridine rings is 1. The van der Waals surface area contributed by atoms with Crippen LogP contribution in [-0.2, 0) is 16.0 Å². The molecule has 1 aromatic carbocycles. The van der Waals surface area contributed by atoms with Crippen LogP contribution >= 0.6 is 0 Å². The van der Waals surface area contributed by atoms with Crippen molar-refractivity contribution in [3.63, 3.8) is 0 Å². The predicted octanol–water partition coefficient (Wildman–Crippen LogP) is 2.24. The number of carbonyl (C=O) groups excluding carboxylic acids is 2. The Morgan fingerprint density at radius 2 is 2.20 bits per heavy atom. The zero-order chi connectivity index (χ0) is 17.8. The Morgan fingerprint density at radius 1 is 1.36 bits per heavy atom. The van der Waals surface area contributed by atoms with Crippen LogP contribution in [0.3, 0.4) is 0 Å². The fraction of sp³-hybridized carbons (Fsp3) is 0.316. The molecule has 1 N–H and O–H groups in total. The maximum Gasteiger partial charge on any atom is 0.239 e. The van der Waals surface area contributed by atoms with Crippen LogP contribution in [0.5, 0.6) is 0 Å². The van der Waals surface area contributed by atoms with E-state index in [1.807, 2.05) is 18.2 Å². The molecule has 1 aliphatic heterocycles. The van der Waals surface area contributed by atoms with Crippen molar-refractivity contribution in [2.45, 2.75) is 19.8 Å². The second-order valence-corrected chi connectivity index (χ2v) is 6.13. The summed E-state index contributed by atoms with van der Waals surface area (Å²) in [5.41, 5.74) is 2.00. The number of carbonyl (C=O) groups is 2. The van der Waals surface area contributed by atoms with E-state index >= 15 is 0 Å². The van der Waals surface area contributed by atoms with Crippen molar-refractivity contribution in [1.82, 2.24) is 10.3 Å². The molecule has 0 aliphatic carbocycles. The molecule has 0 bridgehead atoms. The van der Waals surface area contributed by atoms with Crippen LogP contribution < -0.4 is 10.2 Å². The summed E-state index contributed by atoms with van der Waals surface area (Å²) in [4.78, 5) is 30.6. The average molecular weight is 341 g/mol. The number of aryl methyl sites for hydroxylation is 1. The van der Waals surface area contributed by atoms with Gasteiger partial charge in [0, 0.05) is 37.1 Å². The van der Waals surface area contributed by atoms with Crippen LogP contribution in [0.15, 0.2) is 42.6 Å². The van der Waals surface area contributed by atoms with E-state index in [0.29, 0.717) is 37.2 Å². The topological polar surface area (TPSA) is 62.3 Å². The minimum absolute atomic E-state index is 0.235. The lowest BCUT2D eigenvalue weighted by atomic mass is 10.1. The number of rotatable bonds is 5. The SMILES string of the molecule is Cc1cc(N2CCC(C(=O)NCCc3ccccn3)C2=O)ccc1F. The maximum absolute atomic E-state index is 13.4. The first-order valence-corrected chi connectivity index (χ1v) is 8.31. The number of halogens is 1. The van der Waals surface area contributed by atoms with Gasteiger partial charge >= 0.3 is 0 Å². The highest BCUT2D eigenvalue weighted by Gasteiger charge is 2.37. The van der Waals surface area contributed by atoms with Gasteiger partial charge in [-0.25, -0.2) is 4.39 Å². The molecule has 1 unspecified atom stereocenters. The maximum atomic E-state index is 13.4. The standard InChI is InChI=1S/C19H20FN3O2/c1-13-12-15(5-6-17(13)20)23-11-8-16(19(23)25)18(24)22-10-7-14-4-2-3-9-21-14/h2-6,9,12,16H,7-8,10-11H2,1H3,(H,22,24). The third kappa shape index (κ3) is 3.84. The number of benzene rings is 1. The molecule has 2 amide bonds. The molecule has 0 saturated carbocycles. The largest absolute Gasteiger partial charge is 0.355 e. The third-order valence-corrected chi connectivity index (χ3v) is 4.38. The van der Waals surface area contributed by atoms with E-state index in [-0.39, 0.29) is 17.6 Å². The Bertz CT molecular complexity index is 779. The summed E-state index contributed by atoms with van der Waals surface area (Å²) >= 11 is 0. The Hall–Kier alpha value is -2.76. The van der Waals surface area contributed by atoms with E-state index in [2.05, 4.69) is 10.3 Å². The Balaban J connectivity index is 1.57. The number of aromatic nitrogens is 1. The lowest BCUT2D eigenvalue weighted by molar-refractivity contribution is -0.132. The summed E-state index contributed by atoms with van der Waals surface area (Å²) in [5.74, 6) is -1.49. The van der Waals surface area contributed by atoms with Crippen molar-refractivity contribution in [2.24, 2.45) is 5.92 Å². The highest BCUT2D eigenvalue weighted by atomic mass is 19.1. The zero-order valence-electron chi connectivity index (χ0n) is 14.0. The monoisotopic (exact) mass is 341 g/mol. The van der Waals surface area contributed by atoms with Crippen molar-refractivity contribution in [1.29, 1.82) is 0 Å². The summed E-state index contributed by atoms with van der Waals surface area (Å²) in [5, 5.41) is 2.81. The third-order valence-electron chi connectivity index (χ3n) is 4.38. The van der Waals surface area contributed by atoms with E-state index < -0.39 is 5.92 Å². The minimum atomic E-state index is -0.686. The first-order valence-electron chi connectivity index (χ1n) is 8.31. The number of nitrogens with one attached hydrogen (secondary N) is 1. The molecule has 1 fully saturated rings. The fourth-order valence-electron chi connectivity index (χ4n) is 2.96. The van der Waals surface area contributed by atoms with Crippen molar-refractivity contribution < 1.29 is 14.0 Å². The van der Waals surface area contributed by atoms with Gasteiger partial charge in [0.25, 0.3) is 0 Å². The second kappa shape index (κ2) is 7.42. The van der Waals surface area contributed by atoms with Crippen LogP contribution in [0.2, 0.25) is 0 Å². The number of nitrogens with zero attached hydrogens (tertiary/aromatic N) is 2. The molecule has 2 aromatic rings. The molecule has 5 nitrogen and oxygen atoms in total. The summed E-state index contributed by atoms with van der Waals surface area (Å²) in [6, 6.07) is 10.2. The normalized spacial score (nSPS) is 17.0. The molecule has 130 valence electrons. The first kappa shape index (κ1) is 17.1. The Labute approximate surface area is 145 Å². The van der Waals surface area contributed by atoms with Crippen LogP contribution in [0.1, 0.15) is 17.7 Å². The van der Waals surface area contributed by atoms with Crippen LogP contribution in [-0.4, -0.2) is 29.9 Å². The molecule has 0 spiro atoms. The van der Waals surface area contributed by atoms with Crippen LogP contribution in [0.25, 0.3) is 0 Å². The van der Waals surface area contributed by atoms with Crippen molar-refractivity contribution in [3.05, 3.63) is 59.7 Å². The molecule has 25 heavy (non-hydrogen) atoms. The molecule has 6 heteroatoms. The highest BCUT2D eigenvalue weighted by Crippen LogP contribution is 2.26. The van der Waals surface area contributed by atoms with E-state index in [4.69, 9.17) is 0 Å². The number of hydrogen-bond acceptors (Lipinski definition) is 3. The van der Waals surface area contributed by atoms with Gasteiger partial charge in [0.15, 0.2) is 0 Å². The minimum Gasteiger partial charge on any atom is -0.355 e. The summed E-state index contributed by atoms with van der Waals surface area (Å²) in [6.45, 7) is 2.55. The van der Waals surface area contributed by atoms with E-state index in [1.165, 1.54) is 6.07 Å². The summed E-state index contributed by atoms with van der Waals surface area (Å²) < 4.78 is 13.4. The molecule has 0 radical (unpaired) electrons. The van der Waals surface area contributed by atoms with Gasteiger partial charge in [0.05, 0.1) is 0 Å². The smallest absolute Gasteiger partial charge is 0.239 e. The van der Waals surface area contributed by atoms with Gasteiger partial charge in [-0.05, 0) is 49.2 Å². The zero-order valence-corrected chi connectivity index (χ0v) is 14.0. The second-order valence-electron chi connectivity index (χ2n) is 6.13. The lowest BCUT2D eigenvalue weighted by Crippen LogP contribution is -2.37. The van der Waals surface area contributed by atoms with Crippen molar-refractivity contribution in [2.75, 3.05) is 18.0 Å². The molecule has 1 aromatic heterocycles. The van der Waals surface area contributed by atoms with E-state index in [0.717, 1.165) is 5.69 Å². The number of hydrogen-bond donors (Lipinski definition) is 1. The lowest BCUT2D eigenvalue weighted by Gasteiger charge is -2.17. The van der Waals surface area contributed by atoms with E-state index in [1.54, 1.807) is 30.2 Å². The van der Waals surface area contributed by atoms with E-state index in [9.17, 15) is 14.0 Å². The number of amides is 2. The average Bonchev–Trinajstić information content (AvgIpc) is 3.00. The molecule has 1 aliphatic rings. The predicted molar refractivity (Wildman–Crippen MR) is 92.5 cm³/mol. The van der Waals surface area contributed by atoms with Crippen molar-refractivity contribution in [3.8, 4) is 0 Å². The van der Waals surface area contributed by atoms with Crippen LogP contribution in [0, 0.1) is 18.7 Å². The molecular weight excluding hydrogens is 321 g/mol. The van der Waals surface area contributed by atoms with Crippen molar-refractivity contribution >= 4 is 17.5 Å². The highest BCUT2D eigenvalue weighted by molar-refractivity contribution is 6.09. The van der Waals surface area contributed by atoms with Gasteiger partial charge in [0.2, 0.25) is 11.8 Å².